The van der Waals surface area contributed by atoms with Gasteiger partial charge in [0.1, 0.15) is 13.2 Å². The molecule has 0 atom stereocenters. The van der Waals surface area contributed by atoms with Crippen LogP contribution in [0.3, 0.4) is 0 Å². The highest BCUT2D eigenvalue weighted by Gasteiger charge is 2.19. The number of rotatable bonds is 4. The maximum atomic E-state index is 6.31. The second-order valence-corrected chi connectivity index (χ2v) is 7.61. The highest BCUT2D eigenvalue weighted by molar-refractivity contribution is 6.31. The molecule has 1 aromatic heterocycles. The number of benzene rings is 2. The van der Waals surface area contributed by atoms with Gasteiger partial charge in [-0.25, -0.2) is 9.97 Å². The summed E-state index contributed by atoms with van der Waals surface area (Å²) in [6.45, 7) is 3.75. The molecule has 5 rings (SSSR count). The molecule has 1 N–H and O–H groups in total. The van der Waals surface area contributed by atoms with E-state index < -0.39 is 0 Å². The van der Waals surface area contributed by atoms with Gasteiger partial charge in [0.2, 0.25) is 5.95 Å². The normalized spacial score (nSPS) is 15.6. The topological polar surface area (TPSA) is 59.5 Å². The Bertz CT molecular complexity index is 1040. The van der Waals surface area contributed by atoms with Gasteiger partial charge in [-0.05, 0) is 23.8 Å². The van der Waals surface area contributed by atoms with E-state index in [4.69, 9.17) is 26.1 Å². The summed E-state index contributed by atoms with van der Waals surface area (Å²) >= 11 is 6.31. The number of fused-ring (bicyclic) bond motifs is 2. The van der Waals surface area contributed by atoms with Crippen LogP contribution in [0.25, 0.3) is 0 Å². The van der Waals surface area contributed by atoms with Crippen molar-refractivity contribution in [3.63, 3.8) is 0 Å². The zero-order chi connectivity index (χ0) is 19.6. The van der Waals surface area contributed by atoms with Crippen molar-refractivity contribution < 1.29 is 9.47 Å². The van der Waals surface area contributed by atoms with Gasteiger partial charge in [0.05, 0.1) is 5.69 Å². The molecule has 3 heterocycles. The van der Waals surface area contributed by atoms with Crippen LogP contribution in [0, 0.1) is 0 Å². The number of nitrogens with one attached hydrogen (secondary N) is 1. The lowest BCUT2D eigenvalue weighted by Crippen LogP contribution is -2.31. The third kappa shape index (κ3) is 3.99. The van der Waals surface area contributed by atoms with Gasteiger partial charge in [0, 0.05) is 54.6 Å². The first-order valence-electron chi connectivity index (χ1n) is 9.72. The summed E-state index contributed by atoms with van der Waals surface area (Å²) in [6, 6.07) is 13.8. The molecule has 2 aliphatic rings. The predicted octanol–water partition coefficient (Wildman–Crippen LogP) is 4.20. The van der Waals surface area contributed by atoms with Gasteiger partial charge in [-0.15, -0.1) is 0 Å². The molecule has 0 spiro atoms. The summed E-state index contributed by atoms with van der Waals surface area (Å²) < 4.78 is 11.2. The molecular weight excluding hydrogens is 388 g/mol. The molecule has 6 nitrogen and oxygen atoms in total. The van der Waals surface area contributed by atoms with Crippen LogP contribution >= 0.6 is 11.6 Å². The first-order chi connectivity index (χ1) is 14.2. The smallest absolute Gasteiger partial charge is 0.227 e. The zero-order valence-electron chi connectivity index (χ0n) is 15.9. The van der Waals surface area contributed by atoms with Crippen molar-refractivity contribution in [2.24, 2.45) is 0 Å². The number of aromatic nitrogens is 2. The molecule has 3 aromatic rings. The van der Waals surface area contributed by atoms with Crippen LogP contribution in [0.5, 0.6) is 11.5 Å². The average molecular weight is 409 g/mol. The lowest BCUT2D eigenvalue weighted by molar-refractivity contribution is 0.171. The van der Waals surface area contributed by atoms with Gasteiger partial charge in [-0.2, -0.15) is 0 Å². The molecular formula is C22H21ClN4O2. The highest BCUT2D eigenvalue weighted by atomic mass is 35.5. The van der Waals surface area contributed by atoms with E-state index in [0.29, 0.717) is 19.2 Å². The van der Waals surface area contributed by atoms with E-state index in [1.165, 1.54) is 0 Å². The quantitative estimate of drug-likeness (QED) is 0.698. The standard InChI is InChI=1S/C22H21ClN4O2/c23-18-4-2-1-3-15(18)13-27-8-7-19-16(14-27)12-24-22(26-19)25-17-5-6-20-21(11-17)29-10-9-28-20/h1-6,11-12H,7-10,13-14H2,(H,24,25,26). The molecule has 0 aliphatic carbocycles. The van der Waals surface area contributed by atoms with Crippen molar-refractivity contribution in [3.8, 4) is 11.5 Å². The molecule has 29 heavy (non-hydrogen) atoms. The van der Waals surface area contributed by atoms with Crippen LogP contribution in [0.2, 0.25) is 5.02 Å². The lowest BCUT2D eigenvalue weighted by atomic mass is 10.1. The Morgan fingerprint density at radius 3 is 2.83 bits per heavy atom. The Kier molecular flexibility index (Phi) is 4.96. The van der Waals surface area contributed by atoms with Crippen LogP contribution in [-0.4, -0.2) is 34.6 Å². The number of hydrogen-bond donors (Lipinski definition) is 1. The summed E-state index contributed by atoms with van der Waals surface area (Å²) in [5.41, 5.74) is 4.28. The van der Waals surface area contributed by atoms with E-state index in [2.05, 4.69) is 21.3 Å². The van der Waals surface area contributed by atoms with Crippen molar-refractivity contribution in [3.05, 3.63) is 70.5 Å². The molecule has 0 fully saturated rings. The fourth-order valence-electron chi connectivity index (χ4n) is 3.69. The van der Waals surface area contributed by atoms with E-state index in [0.717, 1.165) is 65.1 Å². The summed E-state index contributed by atoms with van der Waals surface area (Å²) in [5.74, 6) is 2.11. The monoisotopic (exact) mass is 408 g/mol. The summed E-state index contributed by atoms with van der Waals surface area (Å²) in [5, 5.41) is 4.09. The molecule has 0 radical (unpaired) electrons. The zero-order valence-corrected chi connectivity index (χ0v) is 16.7. The predicted molar refractivity (Wildman–Crippen MR) is 112 cm³/mol. The Balaban J connectivity index is 1.28. The number of nitrogens with zero attached hydrogens (tertiary/aromatic N) is 3. The number of halogens is 1. The van der Waals surface area contributed by atoms with E-state index in [9.17, 15) is 0 Å². The van der Waals surface area contributed by atoms with Crippen LogP contribution in [0.15, 0.2) is 48.7 Å². The fourth-order valence-corrected chi connectivity index (χ4v) is 3.88. The van der Waals surface area contributed by atoms with Crippen molar-refractivity contribution in [1.29, 1.82) is 0 Å². The van der Waals surface area contributed by atoms with E-state index in [1.807, 2.05) is 42.6 Å². The van der Waals surface area contributed by atoms with E-state index in [1.54, 1.807) is 0 Å². The molecule has 148 valence electrons. The minimum absolute atomic E-state index is 0.566. The molecule has 0 saturated carbocycles. The number of anilines is 2. The SMILES string of the molecule is Clc1ccccc1CN1CCc2nc(Nc3ccc4c(c3)OCCO4)ncc2C1. The van der Waals surface area contributed by atoms with E-state index >= 15 is 0 Å². The van der Waals surface area contributed by atoms with Crippen molar-refractivity contribution in [2.75, 3.05) is 25.1 Å². The first-order valence-corrected chi connectivity index (χ1v) is 10.1. The van der Waals surface area contributed by atoms with Crippen molar-refractivity contribution in [1.82, 2.24) is 14.9 Å². The maximum Gasteiger partial charge on any atom is 0.227 e. The van der Waals surface area contributed by atoms with Gasteiger partial charge < -0.3 is 14.8 Å². The largest absolute Gasteiger partial charge is 0.486 e. The summed E-state index contributed by atoms with van der Waals surface area (Å²) in [6.07, 6.45) is 2.81. The highest BCUT2D eigenvalue weighted by Crippen LogP contribution is 2.33. The Labute approximate surface area is 174 Å². The Hall–Kier alpha value is -2.83. The molecule has 0 saturated heterocycles. The second-order valence-electron chi connectivity index (χ2n) is 7.20. The first kappa shape index (κ1) is 18.2. The van der Waals surface area contributed by atoms with Crippen LogP contribution in [-0.2, 0) is 19.5 Å². The van der Waals surface area contributed by atoms with Gasteiger partial charge in [-0.1, -0.05) is 29.8 Å². The Morgan fingerprint density at radius 2 is 1.93 bits per heavy atom. The van der Waals surface area contributed by atoms with Gasteiger partial charge in [0.15, 0.2) is 11.5 Å². The molecule has 0 unspecified atom stereocenters. The van der Waals surface area contributed by atoms with Gasteiger partial charge >= 0.3 is 0 Å². The maximum absolute atomic E-state index is 6.31. The molecule has 0 bridgehead atoms. The number of ether oxygens (including phenoxy) is 2. The molecule has 0 amide bonds. The molecule has 2 aromatic carbocycles. The third-order valence-electron chi connectivity index (χ3n) is 5.16. The fraction of sp³-hybridized carbons (Fsp3) is 0.273. The average Bonchev–Trinajstić information content (AvgIpc) is 2.75. The lowest BCUT2D eigenvalue weighted by Gasteiger charge is -2.28. The molecule has 7 heteroatoms. The summed E-state index contributed by atoms with van der Waals surface area (Å²) in [4.78, 5) is 11.6. The minimum atomic E-state index is 0.566. The summed E-state index contributed by atoms with van der Waals surface area (Å²) in [7, 11) is 0. The van der Waals surface area contributed by atoms with Crippen LogP contribution < -0.4 is 14.8 Å². The minimum Gasteiger partial charge on any atom is -0.486 e. The Morgan fingerprint density at radius 1 is 1.07 bits per heavy atom. The van der Waals surface area contributed by atoms with Crippen LogP contribution in [0.4, 0.5) is 11.6 Å². The van der Waals surface area contributed by atoms with Gasteiger partial charge in [0.25, 0.3) is 0 Å². The van der Waals surface area contributed by atoms with E-state index in [-0.39, 0.29) is 0 Å². The van der Waals surface area contributed by atoms with Gasteiger partial charge in [-0.3, -0.25) is 4.90 Å². The van der Waals surface area contributed by atoms with Crippen molar-refractivity contribution in [2.45, 2.75) is 19.5 Å². The van der Waals surface area contributed by atoms with Crippen LogP contribution in [0.1, 0.15) is 16.8 Å². The third-order valence-corrected chi connectivity index (χ3v) is 5.53. The number of hydrogen-bond acceptors (Lipinski definition) is 6. The molecule has 2 aliphatic heterocycles. The van der Waals surface area contributed by atoms with Crippen molar-refractivity contribution >= 4 is 23.2 Å². The second kappa shape index (κ2) is 7.89.